The summed E-state index contributed by atoms with van der Waals surface area (Å²) in [5, 5.41) is 4.71. The molecule has 3 heteroatoms. The molecule has 1 nitrogen and oxygen atoms in total. The molecule has 112 valence electrons. The van der Waals surface area contributed by atoms with Gasteiger partial charge in [0.15, 0.2) is 0 Å². The lowest BCUT2D eigenvalue weighted by molar-refractivity contribution is 0.574. The molecule has 0 saturated heterocycles. The van der Waals surface area contributed by atoms with E-state index >= 15 is 0 Å². The first kappa shape index (κ1) is 16.4. The quantitative estimate of drug-likeness (QED) is 0.715. The summed E-state index contributed by atoms with van der Waals surface area (Å²) in [5.41, 5.74) is 3.80. The van der Waals surface area contributed by atoms with Gasteiger partial charge in [-0.15, -0.1) is 0 Å². The zero-order chi connectivity index (χ0) is 15.4. The van der Waals surface area contributed by atoms with Crippen molar-refractivity contribution in [1.82, 2.24) is 5.32 Å². The first-order valence-corrected chi connectivity index (χ1v) is 8.00. The Kier molecular flexibility index (Phi) is 5.69. The Labute approximate surface area is 137 Å². The second kappa shape index (κ2) is 7.31. The molecule has 1 unspecified atom stereocenters. The van der Waals surface area contributed by atoms with E-state index in [1.165, 1.54) is 11.1 Å². The molecule has 0 aliphatic carbocycles. The first-order valence-electron chi connectivity index (χ1n) is 7.24. The lowest BCUT2D eigenvalue weighted by atomic mass is 9.99. The Bertz CT molecular complexity index is 591. The van der Waals surface area contributed by atoms with E-state index in [9.17, 15) is 0 Å². The van der Waals surface area contributed by atoms with Gasteiger partial charge in [0.2, 0.25) is 0 Å². The summed E-state index contributed by atoms with van der Waals surface area (Å²) in [6, 6.07) is 14.8. The molecule has 0 aromatic heterocycles. The maximum atomic E-state index is 6.03. The Morgan fingerprint density at radius 1 is 0.857 bits per heavy atom. The highest BCUT2D eigenvalue weighted by molar-refractivity contribution is 6.42. The lowest BCUT2D eigenvalue weighted by Gasteiger charge is -2.16. The molecule has 21 heavy (non-hydrogen) atoms. The highest BCUT2D eigenvalue weighted by Crippen LogP contribution is 2.23. The zero-order valence-electron chi connectivity index (χ0n) is 12.7. The summed E-state index contributed by atoms with van der Waals surface area (Å²) < 4.78 is 0. The maximum Gasteiger partial charge on any atom is 0.0595 e. The van der Waals surface area contributed by atoms with Gasteiger partial charge in [0.25, 0.3) is 0 Å². The van der Waals surface area contributed by atoms with E-state index < -0.39 is 0 Å². The minimum Gasteiger partial charge on any atom is -0.306 e. The third-order valence-corrected chi connectivity index (χ3v) is 4.44. The van der Waals surface area contributed by atoms with Crippen molar-refractivity contribution in [1.29, 1.82) is 0 Å². The number of rotatable bonds is 5. The van der Waals surface area contributed by atoms with Crippen molar-refractivity contribution in [2.75, 3.05) is 0 Å². The maximum absolute atomic E-state index is 6.03. The molecule has 2 aromatic rings. The Morgan fingerprint density at radius 2 is 1.48 bits per heavy atom. The second-order valence-corrected chi connectivity index (χ2v) is 6.49. The summed E-state index contributed by atoms with van der Waals surface area (Å²) >= 11 is 12.0. The van der Waals surface area contributed by atoms with Crippen molar-refractivity contribution < 1.29 is 0 Å². The highest BCUT2D eigenvalue weighted by atomic mass is 35.5. The van der Waals surface area contributed by atoms with Crippen LogP contribution in [0.15, 0.2) is 42.5 Å². The molecule has 0 aliphatic rings. The van der Waals surface area contributed by atoms with E-state index in [1.54, 1.807) is 0 Å². The van der Waals surface area contributed by atoms with Crippen LogP contribution in [-0.2, 0) is 6.54 Å². The molecule has 0 amide bonds. The molecule has 0 heterocycles. The average molecular weight is 322 g/mol. The molecule has 0 spiro atoms. The van der Waals surface area contributed by atoms with E-state index in [2.05, 4.69) is 50.4 Å². The molecule has 0 radical (unpaired) electrons. The fourth-order valence-electron chi connectivity index (χ4n) is 2.21. The molecule has 0 fully saturated rings. The molecule has 0 bridgehead atoms. The van der Waals surface area contributed by atoms with Crippen molar-refractivity contribution in [3.8, 4) is 0 Å². The van der Waals surface area contributed by atoms with Crippen LogP contribution in [0.1, 0.15) is 49.4 Å². The molecule has 1 N–H and O–H groups in total. The molecule has 2 rings (SSSR count). The molecular formula is C18H21Cl2N. The van der Waals surface area contributed by atoms with Gasteiger partial charge in [-0.3, -0.25) is 0 Å². The van der Waals surface area contributed by atoms with Gasteiger partial charge in [-0.1, -0.05) is 67.4 Å². The average Bonchev–Trinajstić information content (AvgIpc) is 2.48. The standard InChI is InChI=1S/C18H21Cl2N/c1-12(2)15-5-7-16(8-6-15)13(3)21-11-14-4-9-17(19)18(20)10-14/h4-10,12-13,21H,11H2,1-3H3. The SMILES string of the molecule is CC(C)c1ccc(C(C)NCc2ccc(Cl)c(Cl)c2)cc1. The van der Waals surface area contributed by atoms with Crippen LogP contribution < -0.4 is 5.32 Å². The van der Waals surface area contributed by atoms with Crippen molar-refractivity contribution in [2.24, 2.45) is 0 Å². The van der Waals surface area contributed by atoms with Crippen LogP contribution in [0.3, 0.4) is 0 Å². The summed E-state index contributed by atoms with van der Waals surface area (Å²) in [7, 11) is 0. The normalized spacial score (nSPS) is 12.7. The van der Waals surface area contributed by atoms with Crippen molar-refractivity contribution in [3.05, 3.63) is 69.2 Å². The third-order valence-electron chi connectivity index (χ3n) is 3.70. The second-order valence-electron chi connectivity index (χ2n) is 5.67. The number of hydrogen-bond acceptors (Lipinski definition) is 1. The van der Waals surface area contributed by atoms with Gasteiger partial charge in [0.1, 0.15) is 0 Å². The van der Waals surface area contributed by atoms with Crippen LogP contribution in [0, 0.1) is 0 Å². The van der Waals surface area contributed by atoms with Crippen LogP contribution >= 0.6 is 23.2 Å². The highest BCUT2D eigenvalue weighted by Gasteiger charge is 2.07. The predicted octanol–water partition coefficient (Wildman–Crippen LogP) is 5.97. The zero-order valence-corrected chi connectivity index (χ0v) is 14.2. The van der Waals surface area contributed by atoms with E-state index in [-0.39, 0.29) is 0 Å². The molecule has 0 saturated carbocycles. The Balaban J connectivity index is 1.97. The lowest BCUT2D eigenvalue weighted by Crippen LogP contribution is -2.18. The van der Waals surface area contributed by atoms with Crippen molar-refractivity contribution in [2.45, 2.75) is 39.3 Å². The van der Waals surface area contributed by atoms with Gasteiger partial charge in [-0.05, 0) is 41.7 Å². The summed E-state index contributed by atoms with van der Waals surface area (Å²) in [5.74, 6) is 0.568. The summed E-state index contributed by atoms with van der Waals surface area (Å²) in [4.78, 5) is 0. The summed E-state index contributed by atoms with van der Waals surface area (Å²) in [6.07, 6.45) is 0. The minimum absolute atomic E-state index is 0.292. The fraction of sp³-hybridized carbons (Fsp3) is 0.333. The van der Waals surface area contributed by atoms with E-state index in [4.69, 9.17) is 23.2 Å². The minimum atomic E-state index is 0.292. The van der Waals surface area contributed by atoms with E-state index in [1.807, 2.05) is 18.2 Å². The van der Waals surface area contributed by atoms with Crippen LogP contribution in [0.5, 0.6) is 0 Å². The number of benzene rings is 2. The molecule has 1 atom stereocenters. The predicted molar refractivity (Wildman–Crippen MR) is 92.2 cm³/mol. The van der Waals surface area contributed by atoms with Crippen LogP contribution in [0.4, 0.5) is 0 Å². The number of nitrogens with one attached hydrogen (secondary N) is 1. The molecule has 0 aliphatic heterocycles. The number of hydrogen-bond donors (Lipinski definition) is 1. The van der Waals surface area contributed by atoms with Crippen molar-refractivity contribution in [3.63, 3.8) is 0 Å². The smallest absolute Gasteiger partial charge is 0.0595 e. The first-order chi connectivity index (χ1) is 9.97. The Morgan fingerprint density at radius 3 is 2.05 bits per heavy atom. The van der Waals surface area contributed by atoms with Gasteiger partial charge >= 0.3 is 0 Å². The van der Waals surface area contributed by atoms with Gasteiger partial charge in [0, 0.05) is 12.6 Å². The Hall–Kier alpha value is -1.02. The van der Waals surface area contributed by atoms with Gasteiger partial charge in [-0.25, -0.2) is 0 Å². The topological polar surface area (TPSA) is 12.0 Å². The van der Waals surface area contributed by atoms with Crippen LogP contribution in [-0.4, -0.2) is 0 Å². The monoisotopic (exact) mass is 321 g/mol. The van der Waals surface area contributed by atoms with E-state index in [0.29, 0.717) is 22.0 Å². The van der Waals surface area contributed by atoms with Gasteiger partial charge in [0.05, 0.1) is 10.0 Å². The fourth-order valence-corrected chi connectivity index (χ4v) is 2.53. The van der Waals surface area contributed by atoms with Crippen LogP contribution in [0.2, 0.25) is 10.0 Å². The third kappa shape index (κ3) is 4.47. The van der Waals surface area contributed by atoms with E-state index in [0.717, 1.165) is 12.1 Å². The number of halogens is 2. The van der Waals surface area contributed by atoms with Gasteiger partial charge in [-0.2, -0.15) is 0 Å². The molecular weight excluding hydrogens is 301 g/mol. The van der Waals surface area contributed by atoms with Gasteiger partial charge < -0.3 is 5.32 Å². The van der Waals surface area contributed by atoms with Crippen molar-refractivity contribution >= 4 is 23.2 Å². The largest absolute Gasteiger partial charge is 0.306 e. The molecule has 2 aromatic carbocycles. The van der Waals surface area contributed by atoms with Crippen LogP contribution in [0.25, 0.3) is 0 Å². The summed E-state index contributed by atoms with van der Waals surface area (Å²) in [6.45, 7) is 7.35.